The minimum absolute atomic E-state index is 0.0331. The highest BCUT2D eigenvalue weighted by Gasteiger charge is 2.44. The summed E-state index contributed by atoms with van der Waals surface area (Å²) in [7, 11) is 0. The minimum Gasteiger partial charge on any atom is -0.459 e. The van der Waals surface area contributed by atoms with Crippen molar-refractivity contribution in [2.45, 2.75) is 24.5 Å². The zero-order chi connectivity index (χ0) is 17.3. The van der Waals surface area contributed by atoms with E-state index in [1.54, 1.807) is 17.5 Å². The molecular weight excluding hydrogens is 338 g/mol. The fourth-order valence-corrected chi connectivity index (χ4v) is 2.96. The van der Waals surface area contributed by atoms with Gasteiger partial charge in [-0.2, -0.15) is 4.98 Å². The molecule has 1 fully saturated rings. The number of aliphatic hydroxyl groups is 2. The molecule has 0 unspecified atom stereocenters. The lowest BCUT2D eigenvalue weighted by molar-refractivity contribution is -0.0597. The first-order valence-electron chi connectivity index (χ1n) is 7.04. The van der Waals surface area contributed by atoms with Crippen molar-refractivity contribution in [2.24, 2.45) is 0 Å². The molecule has 3 heterocycles. The molecule has 1 aliphatic heterocycles. The molecule has 0 spiro atoms. The van der Waals surface area contributed by atoms with E-state index < -0.39 is 36.2 Å². The summed E-state index contributed by atoms with van der Waals surface area (Å²) < 4.78 is 11.6. The third-order valence-corrected chi connectivity index (χ3v) is 4.41. The summed E-state index contributed by atoms with van der Waals surface area (Å²) in [6.45, 7) is -0.261. The number of carbonyl (C=O) groups is 1. The van der Waals surface area contributed by atoms with E-state index in [-0.39, 0.29) is 12.4 Å². The molecule has 24 heavy (non-hydrogen) atoms. The van der Waals surface area contributed by atoms with E-state index in [2.05, 4.69) is 4.98 Å². The molecule has 0 amide bonds. The SMILES string of the molecule is Nc1ccn([C@@H]2O[C@H](COC(=O)c3cccs3)[C@@H](O)[C@H]2O)c(=O)n1. The van der Waals surface area contributed by atoms with Gasteiger partial charge in [0, 0.05) is 6.20 Å². The first kappa shape index (κ1) is 16.6. The second kappa shape index (κ2) is 6.69. The Morgan fingerprint density at radius 1 is 1.42 bits per heavy atom. The van der Waals surface area contributed by atoms with Gasteiger partial charge in [-0.1, -0.05) is 6.07 Å². The Kier molecular flexibility index (Phi) is 4.62. The molecule has 0 saturated carbocycles. The zero-order valence-corrected chi connectivity index (χ0v) is 13.1. The van der Waals surface area contributed by atoms with E-state index in [9.17, 15) is 19.8 Å². The van der Waals surface area contributed by atoms with Crippen molar-refractivity contribution in [3.63, 3.8) is 0 Å². The molecule has 4 atom stereocenters. The predicted molar refractivity (Wildman–Crippen MR) is 83.4 cm³/mol. The summed E-state index contributed by atoms with van der Waals surface area (Å²) >= 11 is 1.22. The number of carbonyl (C=O) groups excluding carboxylic acids is 1. The number of nitrogen functional groups attached to an aromatic ring is 1. The van der Waals surface area contributed by atoms with E-state index in [4.69, 9.17) is 15.2 Å². The molecule has 1 saturated heterocycles. The number of aliphatic hydroxyl groups excluding tert-OH is 2. The average Bonchev–Trinajstić information content (AvgIpc) is 3.17. The molecule has 0 bridgehead atoms. The number of nitrogens with zero attached hydrogens (tertiary/aromatic N) is 2. The van der Waals surface area contributed by atoms with Crippen molar-refractivity contribution in [1.29, 1.82) is 0 Å². The highest BCUT2D eigenvalue weighted by Crippen LogP contribution is 2.28. The van der Waals surface area contributed by atoms with Crippen LogP contribution in [0.15, 0.2) is 34.6 Å². The quantitative estimate of drug-likeness (QED) is 0.618. The zero-order valence-electron chi connectivity index (χ0n) is 12.3. The van der Waals surface area contributed by atoms with Gasteiger partial charge in [0.1, 0.15) is 35.6 Å². The van der Waals surface area contributed by atoms with Crippen molar-refractivity contribution in [2.75, 3.05) is 12.3 Å². The summed E-state index contributed by atoms with van der Waals surface area (Å²) in [5, 5.41) is 21.9. The molecule has 2 aromatic heterocycles. The highest BCUT2D eigenvalue weighted by molar-refractivity contribution is 7.11. The maximum absolute atomic E-state index is 11.8. The molecule has 3 rings (SSSR count). The smallest absolute Gasteiger partial charge is 0.351 e. The summed E-state index contributed by atoms with van der Waals surface area (Å²) in [5.74, 6) is -0.518. The number of thiophene rings is 1. The van der Waals surface area contributed by atoms with Crippen LogP contribution in [0.2, 0.25) is 0 Å². The topological polar surface area (TPSA) is 137 Å². The molecule has 2 aromatic rings. The fourth-order valence-electron chi connectivity index (χ4n) is 2.34. The maximum Gasteiger partial charge on any atom is 0.351 e. The second-order valence-electron chi connectivity index (χ2n) is 5.16. The lowest BCUT2D eigenvalue weighted by atomic mass is 10.1. The van der Waals surface area contributed by atoms with Crippen molar-refractivity contribution < 1.29 is 24.5 Å². The minimum atomic E-state index is -1.38. The van der Waals surface area contributed by atoms with Crippen molar-refractivity contribution in [1.82, 2.24) is 9.55 Å². The van der Waals surface area contributed by atoms with Gasteiger partial charge in [-0.15, -0.1) is 11.3 Å². The van der Waals surface area contributed by atoms with Crippen molar-refractivity contribution in [3.8, 4) is 0 Å². The summed E-state index contributed by atoms with van der Waals surface area (Å²) in [4.78, 5) is 27.6. The van der Waals surface area contributed by atoms with Crippen LogP contribution in [0.4, 0.5) is 5.82 Å². The van der Waals surface area contributed by atoms with Crippen LogP contribution in [0.1, 0.15) is 15.9 Å². The van der Waals surface area contributed by atoms with Gasteiger partial charge in [0.05, 0.1) is 0 Å². The first-order chi connectivity index (χ1) is 11.5. The summed E-state index contributed by atoms with van der Waals surface area (Å²) in [5.41, 5.74) is 4.69. The molecule has 0 aromatic carbocycles. The predicted octanol–water partition coefficient (Wildman–Crippen LogP) is -0.637. The van der Waals surface area contributed by atoms with E-state index in [1.165, 1.54) is 23.6 Å². The van der Waals surface area contributed by atoms with E-state index in [0.717, 1.165) is 4.57 Å². The Labute approximate surface area is 139 Å². The van der Waals surface area contributed by atoms with Crippen LogP contribution in [0.25, 0.3) is 0 Å². The largest absolute Gasteiger partial charge is 0.459 e. The number of hydrogen-bond acceptors (Lipinski definition) is 9. The van der Waals surface area contributed by atoms with Gasteiger partial charge < -0.3 is 25.4 Å². The van der Waals surface area contributed by atoms with Crippen LogP contribution in [0.5, 0.6) is 0 Å². The third kappa shape index (κ3) is 3.17. The van der Waals surface area contributed by atoms with Gasteiger partial charge in [0.15, 0.2) is 6.23 Å². The van der Waals surface area contributed by atoms with Crippen molar-refractivity contribution >= 4 is 23.1 Å². The molecule has 128 valence electrons. The number of ether oxygens (including phenoxy) is 2. The van der Waals surface area contributed by atoms with Crippen molar-refractivity contribution in [3.05, 3.63) is 45.1 Å². The van der Waals surface area contributed by atoms with Gasteiger partial charge in [-0.3, -0.25) is 4.57 Å². The van der Waals surface area contributed by atoms with Crippen LogP contribution in [-0.2, 0) is 9.47 Å². The Balaban J connectivity index is 1.68. The maximum atomic E-state index is 11.8. The lowest BCUT2D eigenvalue weighted by Gasteiger charge is -2.16. The van der Waals surface area contributed by atoms with Gasteiger partial charge >= 0.3 is 11.7 Å². The van der Waals surface area contributed by atoms with Crippen LogP contribution in [0.3, 0.4) is 0 Å². The number of aromatic nitrogens is 2. The van der Waals surface area contributed by atoms with E-state index in [1.807, 2.05) is 0 Å². The van der Waals surface area contributed by atoms with Crippen LogP contribution < -0.4 is 11.4 Å². The summed E-state index contributed by atoms with van der Waals surface area (Å²) in [6.07, 6.45) is -3.51. The number of rotatable bonds is 4. The normalized spacial score (nSPS) is 26.4. The number of nitrogens with two attached hydrogens (primary N) is 1. The Morgan fingerprint density at radius 3 is 2.88 bits per heavy atom. The molecule has 0 radical (unpaired) electrons. The van der Waals surface area contributed by atoms with E-state index in [0.29, 0.717) is 4.88 Å². The van der Waals surface area contributed by atoms with Crippen LogP contribution in [0, 0.1) is 0 Å². The number of esters is 1. The van der Waals surface area contributed by atoms with Gasteiger partial charge in [0.2, 0.25) is 0 Å². The fraction of sp³-hybridized carbons (Fsp3) is 0.357. The monoisotopic (exact) mass is 353 g/mol. The number of hydrogen-bond donors (Lipinski definition) is 3. The summed E-state index contributed by atoms with van der Waals surface area (Å²) in [6, 6.07) is 4.69. The molecular formula is C14H15N3O6S. The Morgan fingerprint density at radius 2 is 2.21 bits per heavy atom. The number of anilines is 1. The molecule has 1 aliphatic rings. The third-order valence-electron chi connectivity index (χ3n) is 3.56. The second-order valence-corrected chi connectivity index (χ2v) is 6.11. The Hall–Kier alpha value is -2.27. The molecule has 4 N–H and O–H groups in total. The lowest BCUT2D eigenvalue weighted by Crippen LogP contribution is -2.36. The van der Waals surface area contributed by atoms with Gasteiger partial charge in [0.25, 0.3) is 0 Å². The highest BCUT2D eigenvalue weighted by atomic mass is 32.1. The standard InChI is InChI=1S/C14H15N3O6S/c15-9-3-4-17(14(21)16-9)12-11(19)10(18)7(23-12)6-22-13(20)8-2-1-5-24-8/h1-5,7,10-12,18-19H,6H2,(H2,15,16,21)/t7-,10-,11-,12-/m1/s1. The molecule has 10 heteroatoms. The van der Waals surface area contributed by atoms with Crippen LogP contribution >= 0.6 is 11.3 Å². The average molecular weight is 353 g/mol. The first-order valence-corrected chi connectivity index (χ1v) is 7.92. The van der Waals surface area contributed by atoms with Gasteiger partial charge in [-0.25, -0.2) is 9.59 Å². The van der Waals surface area contributed by atoms with Crippen LogP contribution in [-0.4, -0.2) is 50.7 Å². The molecule has 0 aliphatic carbocycles. The van der Waals surface area contributed by atoms with Gasteiger partial charge in [-0.05, 0) is 17.5 Å². The Bertz CT molecular complexity index is 777. The molecule has 9 nitrogen and oxygen atoms in total. The van der Waals surface area contributed by atoms with E-state index >= 15 is 0 Å².